The predicted octanol–water partition coefficient (Wildman–Crippen LogP) is 1.93. The zero-order valence-electron chi connectivity index (χ0n) is 8.52. The molecule has 72 valence electrons. The molecular weight excluding hydrogens is 150 g/mol. The van der Waals surface area contributed by atoms with Gasteiger partial charge in [-0.25, -0.2) is 0 Å². The highest BCUT2D eigenvalue weighted by atomic mass is 16.5. The van der Waals surface area contributed by atoms with Crippen LogP contribution in [0.5, 0.6) is 0 Å². The van der Waals surface area contributed by atoms with Crippen LogP contribution in [0.15, 0.2) is 0 Å². The molecule has 0 bridgehead atoms. The first-order valence-corrected chi connectivity index (χ1v) is 4.78. The van der Waals surface area contributed by atoms with Gasteiger partial charge in [0.2, 0.25) is 0 Å². The maximum atomic E-state index is 6.01. The summed E-state index contributed by atoms with van der Waals surface area (Å²) in [5, 5.41) is 0. The normalized spacial score (nSPS) is 22.0. The number of nitrogens with two attached hydrogens (primary N) is 1. The van der Waals surface area contributed by atoms with Gasteiger partial charge in [0.15, 0.2) is 0 Å². The summed E-state index contributed by atoms with van der Waals surface area (Å²) in [5.74, 6) is 0. The lowest BCUT2D eigenvalue weighted by Crippen LogP contribution is -2.50. The molecule has 1 aliphatic carbocycles. The maximum Gasteiger partial charge on any atom is 0.0646 e. The Kier molecular flexibility index (Phi) is 2.79. The second-order valence-electron chi connectivity index (χ2n) is 5.27. The Morgan fingerprint density at radius 3 is 2.25 bits per heavy atom. The lowest BCUT2D eigenvalue weighted by molar-refractivity contribution is 0.0145. The Bertz CT molecular complexity index is 144. The number of rotatable bonds is 3. The fraction of sp³-hybridized carbons (Fsp3) is 1.00. The third-order valence-corrected chi connectivity index (χ3v) is 2.27. The molecule has 1 fully saturated rings. The molecule has 0 aliphatic heterocycles. The summed E-state index contributed by atoms with van der Waals surface area (Å²) in [6.45, 7) is 8.08. The summed E-state index contributed by atoms with van der Waals surface area (Å²) in [5.41, 5.74) is 6.29. The third kappa shape index (κ3) is 3.11. The second-order valence-corrected chi connectivity index (χ2v) is 5.27. The van der Waals surface area contributed by atoms with E-state index >= 15 is 0 Å². The van der Waals surface area contributed by atoms with E-state index in [1.165, 1.54) is 6.42 Å². The fourth-order valence-corrected chi connectivity index (χ4v) is 1.34. The summed E-state index contributed by atoms with van der Waals surface area (Å²) < 4.78 is 5.58. The van der Waals surface area contributed by atoms with Gasteiger partial charge in [0.1, 0.15) is 0 Å². The van der Waals surface area contributed by atoms with Crippen molar-refractivity contribution in [2.45, 2.75) is 45.6 Å². The topological polar surface area (TPSA) is 35.2 Å². The molecule has 1 aliphatic rings. The van der Waals surface area contributed by atoms with E-state index in [0.29, 0.717) is 0 Å². The third-order valence-electron chi connectivity index (χ3n) is 2.27. The van der Waals surface area contributed by atoms with Crippen LogP contribution in [0.4, 0.5) is 0 Å². The van der Waals surface area contributed by atoms with Crippen molar-refractivity contribution < 1.29 is 4.74 Å². The standard InChI is InChI=1S/C10H21NO/c1-9(2,3)7-12-8-10(11)5-4-6-10/h4-8,11H2,1-3H3. The van der Waals surface area contributed by atoms with Crippen LogP contribution < -0.4 is 5.73 Å². The number of hydrogen-bond donors (Lipinski definition) is 1. The van der Waals surface area contributed by atoms with Crippen LogP contribution in [-0.2, 0) is 4.74 Å². The lowest BCUT2D eigenvalue weighted by Gasteiger charge is -2.38. The summed E-state index contributed by atoms with van der Waals surface area (Å²) in [4.78, 5) is 0. The minimum absolute atomic E-state index is 0.0191. The van der Waals surface area contributed by atoms with Gasteiger partial charge in [0, 0.05) is 5.54 Å². The molecule has 0 saturated heterocycles. The minimum atomic E-state index is 0.0191. The molecule has 0 atom stereocenters. The summed E-state index contributed by atoms with van der Waals surface area (Å²) in [6, 6.07) is 0. The first-order valence-electron chi connectivity index (χ1n) is 4.78. The molecule has 0 aromatic carbocycles. The smallest absolute Gasteiger partial charge is 0.0646 e. The van der Waals surface area contributed by atoms with Gasteiger partial charge in [-0.15, -0.1) is 0 Å². The molecule has 0 amide bonds. The summed E-state index contributed by atoms with van der Waals surface area (Å²) >= 11 is 0. The van der Waals surface area contributed by atoms with Crippen LogP contribution in [0.25, 0.3) is 0 Å². The number of hydrogen-bond acceptors (Lipinski definition) is 2. The second kappa shape index (κ2) is 3.35. The molecule has 0 spiro atoms. The van der Waals surface area contributed by atoms with Gasteiger partial charge >= 0.3 is 0 Å². The molecule has 12 heavy (non-hydrogen) atoms. The van der Waals surface area contributed by atoms with Crippen molar-refractivity contribution in [3.8, 4) is 0 Å². The Balaban J connectivity index is 2.10. The molecule has 2 N–H and O–H groups in total. The SMILES string of the molecule is CC(C)(C)COCC1(N)CCC1. The number of ether oxygens (including phenoxy) is 1. The highest BCUT2D eigenvalue weighted by molar-refractivity contribution is 4.92. The van der Waals surface area contributed by atoms with Gasteiger partial charge in [0.25, 0.3) is 0 Å². The van der Waals surface area contributed by atoms with Crippen LogP contribution in [-0.4, -0.2) is 18.8 Å². The molecule has 0 heterocycles. The van der Waals surface area contributed by atoms with Crippen molar-refractivity contribution in [1.29, 1.82) is 0 Å². The Morgan fingerprint density at radius 2 is 1.92 bits per heavy atom. The zero-order chi connectivity index (χ0) is 9.24. The molecular formula is C10H21NO. The van der Waals surface area contributed by atoms with Gasteiger partial charge < -0.3 is 10.5 Å². The van der Waals surface area contributed by atoms with Gasteiger partial charge in [-0.05, 0) is 24.7 Å². The monoisotopic (exact) mass is 171 g/mol. The highest BCUT2D eigenvalue weighted by Crippen LogP contribution is 2.29. The molecule has 0 aromatic rings. The van der Waals surface area contributed by atoms with Crippen molar-refractivity contribution in [2.24, 2.45) is 11.1 Å². The van der Waals surface area contributed by atoms with E-state index in [2.05, 4.69) is 20.8 Å². The zero-order valence-corrected chi connectivity index (χ0v) is 8.52. The van der Waals surface area contributed by atoms with Crippen LogP contribution in [0, 0.1) is 5.41 Å². The maximum absolute atomic E-state index is 6.01. The average molecular weight is 171 g/mol. The minimum Gasteiger partial charge on any atom is -0.379 e. The molecule has 1 saturated carbocycles. The summed E-state index contributed by atoms with van der Waals surface area (Å²) in [7, 11) is 0. The van der Waals surface area contributed by atoms with Crippen molar-refractivity contribution in [3.05, 3.63) is 0 Å². The Labute approximate surface area is 75.5 Å². The van der Waals surface area contributed by atoms with Crippen molar-refractivity contribution in [1.82, 2.24) is 0 Å². The molecule has 2 nitrogen and oxygen atoms in total. The molecule has 0 radical (unpaired) electrons. The predicted molar refractivity (Wildman–Crippen MR) is 51.0 cm³/mol. The van der Waals surface area contributed by atoms with E-state index in [0.717, 1.165) is 26.1 Å². The van der Waals surface area contributed by atoms with Crippen LogP contribution in [0.3, 0.4) is 0 Å². The fourth-order valence-electron chi connectivity index (χ4n) is 1.34. The van der Waals surface area contributed by atoms with E-state index in [-0.39, 0.29) is 11.0 Å². The largest absolute Gasteiger partial charge is 0.379 e. The quantitative estimate of drug-likeness (QED) is 0.704. The van der Waals surface area contributed by atoms with Gasteiger partial charge in [-0.1, -0.05) is 20.8 Å². The van der Waals surface area contributed by atoms with E-state index in [9.17, 15) is 0 Å². The Morgan fingerprint density at radius 1 is 1.33 bits per heavy atom. The van der Waals surface area contributed by atoms with E-state index < -0.39 is 0 Å². The van der Waals surface area contributed by atoms with Crippen LogP contribution in [0.1, 0.15) is 40.0 Å². The first-order chi connectivity index (χ1) is 5.41. The molecule has 0 aromatic heterocycles. The molecule has 2 heteroatoms. The van der Waals surface area contributed by atoms with Crippen molar-refractivity contribution in [2.75, 3.05) is 13.2 Å². The van der Waals surface area contributed by atoms with Crippen molar-refractivity contribution >= 4 is 0 Å². The van der Waals surface area contributed by atoms with Gasteiger partial charge in [-0.3, -0.25) is 0 Å². The van der Waals surface area contributed by atoms with Crippen molar-refractivity contribution in [3.63, 3.8) is 0 Å². The van der Waals surface area contributed by atoms with E-state index in [4.69, 9.17) is 10.5 Å². The summed E-state index contributed by atoms with van der Waals surface area (Å²) in [6.07, 6.45) is 3.55. The molecule has 0 unspecified atom stereocenters. The van der Waals surface area contributed by atoms with Crippen LogP contribution >= 0.6 is 0 Å². The van der Waals surface area contributed by atoms with E-state index in [1.807, 2.05) is 0 Å². The highest BCUT2D eigenvalue weighted by Gasteiger charge is 2.32. The van der Waals surface area contributed by atoms with Gasteiger partial charge in [0.05, 0.1) is 13.2 Å². The first kappa shape index (κ1) is 10.0. The van der Waals surface area contributed by atoms with E-state index in [1.54, 1.807) is 0 Å². The van der Waals surface area contributed by atoms with Gasteiger partial charge in [-0.2, -0.15) is 0 Å². The Hall–Kier alpha value is -0.0800. The average Bonchev–Trinajstić information content (AvgIpc) is 1.81. The molecule has 1 rings (SSSR count). The lowest BCUT2D eigenvalue weighted by atomic mass is 9.78. The van der Waals surface area contributed by atoms with Crippen LogP contribution in [0.2, 0.25) is 0 Å².